The molecule has 2 N–H and O–H groups in total. The second-order valence-electron chi connectivity index (χ2n) is 5.13. The Morgan fingerprint density at radius 2 is 1.95 bits per heavy atom. The lowest BCUT2D eigenvalue weighted by molar-refractivity contribution is 0.703. The van der Waals surface area contributed by atoms with E-state index >= 15 is 0 Å². The van der Waals surface area contributed by atoms with Crippen LogP contribution in [0.4, 0.5) is 0 Å². The van der Waals surface area contributed by atoms with Crippen molar-refractivity contribution in [3.05, 3.63) is 64.9 Å². The maximum Gasteiger partial charge on any atom is 0.110 e. The minimum absolute atomic E-state index is 0.681. The molecule has 0 amide bonds. The summed E-state index contributed by atoms with van der Waals surface area (Å²) >= 11 is 6.09. The Morgan fingerprint density at radius 3 is 2.76 bits per heavy atom. The molecule has 3 nitrogen and oxygen atoms in total. The van der Waals surface area contributed by atoms with Crippen molar-refractivity contribution < 1.29 is 0 Å². The van der Waals surface area contributed by atoms with E-state index in [2.05, 4.69) is 22.8 Å². The second-order valence-corrected chi connectivity index (χ2v) is 5.56. The highest BCUT2D eigenvalue weighted by atomic mass is 35.5. The van der Waals surface area contributed by atoms with Crippen LogP contribution in [-0.2, 0) is 13.0 Å². The van der Waals surface area contributed by atoms with Crippen molar-refractivity contribution >= 4 is 22.6 Å². The molecule has 0 unspecified atom stereocenters. The van der Waals surface area contributed by atoms with Gasteiger partial charge in [0.2, 0.25) is 0 Å². The number of fused-ring (bicyclic) bond motifs is 1. The maximum atomic E-state index is 6.09. The molecule has 0 aliphatic carbocycles. The number of halogens is 1. The molecule has 0 saturated heterocycles. The number of hydrogen-bond donors (Lipinski definition) is 1. The maximum absolute atomic E-state index is 6.09. The highest BCUT2D eigenvalue weighted by Crippen LogP contribution is 2.20. The zero-order valence-electron chi connectivity index (χ0n) is 11.8. The molecule has 4 heteroatoms. The first-order valence-electron chi connectivity index (χ1n) is 7.16. The van der Waals surface area contributed by atoms with Gasteiger partial charge in [-0.2, -0.15) is 0 Å². The standard InChI is InChI=1S/C17H18ClN3/c18-14-6-3-5-13(11-14)12-21-16-8-2-1-7-15(16)20-17(21)9-4-10-19/h1-3,5-8,11H,4,9-10,12,19H2. The van der Waals surface area contributed by atoms with Gasteiger partial charge in [0, 0.05) is 18.0 Å². The van der Waals surface area contributed by atoms with E-state index in [0.29, 0.717) is 6.54 Å². The van der Waals surface area contributed by atoms with Gasteiger partial charge in [0.25, 0.3) is 0 Å². The average molecular weight is 300 g/mol. The topological polar surface area (TPSA) is 43.8 Å². The minimum Gasteiger partial charge on any atom is -0.330 e. The summed E-state index contributed by atoms with van der Waals surface area (Å²) in [6, 6.07) is 16.2. The van der Waals surface area contributed by atoms with E-state index < -0.39 is 0 Å². The van der Waals surface area contributed by atoms with Crippen molar-refractivity contribution in [1.82, 2.24) is 9.55 Å². The summed E-state index contributed by atoms with van der Waals surface area (Å²) in [6.45, 7) is 1.46. The van der Waals surface area contributed by atoms with Gasteiger partial charge in [0.05, 0.1) is 11.0 Å². The van der Waals surface area contributed by atoms with Crippen LogP contribution in [-0.4, -0.2) is 16.1 Å². The van der Waals surface area contributed by atoms with Gasteiger partial charge in [-0.05, 0) is 42.8 Å². The molecular weight excluding hydrogens is 282 g/mol. The Labute approximate surface area is 129 Å². The third-order valence-corrected chi connectivity index (χ3v) is 3.80. The number of nitrogens with zero attached hydrogens (tertiary/aromatic N) is 2. The van der Waals surface area contributed by atoms with Crippen LogP contribution in [0.5, 0.6) is 0 Å². The van der Waals surface area contributed by atoms with Gasteiger partial charge in [-0.15, -0.1) is 0 Å². The monoisotopic (exact) mass is 299 g/mol. The Hall–Kier alpha value is -1.84. The van der Waals surface area contributed by atoms with E-state index in [1.165, 1.54) is 5.56 Å². The van der Waals surface area contributed by atoms with Crippen LogP contribution in [0, 0.1) is 0 Å². The number of aryl methyl sites for hydroxylation is 1. The lowest BCUT2D eigenvalue weighted by Gasteiger charge is -2.09. The van der Waals surface area contributed by atoms with Crippen LogP contribution in [0.3, 0.4) is 0 Å². The van der Waals surface area contributed by atoms with E-state index in [9.17, 15) is 0 Å². The van der Waals surface area contributed by atoms with Crippen molar-refractivity contribution in [2.24, 2.45) is 5.73 Å². The van der Waals surface area contributed by atoms with Gasteiger partial charge in [-0.25, -0.2) is 4.98 Å². The van der Waals surface area contributed by atoms with E-state index in [1.54, 1.807) is 0 Å². The van der Waals surface area contributed by atoms with E-state index in [0.717, 1.165) is 41.3 Å². The molecule has 0 spiro atoms. The molecule has 0 radical (unpaired) electrons. The predicted molar refractivity (Wildman–Crippen MR) is 87.7 cm³/mol. The second kappa shape index (κ2) is 6.29. The molecule has 3 rings (SSSR count). The largest absolute Gasteiger partial charge is 0.330 e. The fourth-order valence-electron chi connectivity index (χ4n) is 2.57. The molecule has 2 aromatic carbocycles. The Morgan fingerprint density at radius 1 is 1.10 bits per heavy atom. The van der Waals surface area contributed by atoms with Gasteiger partial charge in [0.1, 0.15) is 5.82 Å². The molecule has 0 aliphatic rings. The van der Waals surface area contributed by atoms with Crippen LogP contribution in [0.15, 0.2) is 48.5 Å². The number of benzene rings is 2. The zero-order valence-corrected chi connectivity index (χ0v) is 12.6. The molecule has 21 heavy (non-hydrogen) atoms. The Bertz CT molecular complexity index is 749. The fraction of sp³-hybridized carbons (Fsp3) is 0.235. The quantitative estimate of drug-likeness (QED) is 0.782. The smallest absolute Gasteiger partial charge is 0.110 e. The molecule has 3 aromatic rings. The molecule has 0 bridgehead atoms. The number of imidazole rings is 1. The first kappa shape index (κ1) is 14.1. The molecule has 1 aromatic heterocycles. The van der Waals surface area contributed by atoms with Crippen LogP contribution >= 0.6 is 11.6 Å². The van der Waals surface area contributed by atoms with Gasteiger partial charge in [0.15, 0.2) is 0 Å². The van der Waals surface area contributed by atoms with Crippen LogP contribution < -0.4 is 5.73 Å². The highest BCUT2D eigenvalue weighted by Gasteiger charge is 2.10. The lowest BCUT2D eigenvalue weighted by Crippen LogP contribution is -2.08. The predicted octanol–water partition coefficient (Wildman–Crippen LogP) is 3.63. The van der Waals surface area contributed by atoms with Crippen LogP contribution in [0.2, 0.25) is 5.02 Å². The highest BCUT2D eigenvalue weighted by molar-refractivity contribution is 6.30. The van der Waals surface area contributed by atoms with Crippen molar-refractivity contribution in [3.63, 3.8) is 0 Å². The first-order chi connectivity index (χ1) is 10.3. The molecule has 0 fully saturated rings. The number of hydrogen-bond acceptors (Lipinski definition) is 2. The van der Waals surface area contributed by atoms with Crippen molar-refractivity contribution in [2.75, 3.05) is 6.54 Å². The Kier molecular flexibility index (Phi) is 4.23. The first-order valence-corrected chi connectivity index (χ1v) is 7.54. The van der Waals surface area contributed by atoms with Crippen molar-refractivity contribution in [1.29, 1.82) is 0 Å². The van der Waals surface area contributed by atoms with Gasteiger partial charge in [-0.1, -0.05) is 35.9 Å². The summed E-state index contributed by atoms with van der Waals surface area (Å²) < 4.78 is 2.26. The summed E-state index contributed by atoms with van der Waals surface area (Å²) in [6.07, 6.45) is 1.84. The summed E-state index contributed by atoms with van der Waals surface area (Å²) in [5.41, 5.74) is 9.01. The summed E-state index contributed by atoms with van der Waals surface area (Å²) in [5.74, 6) is 1.08. The fourth-order valence-corrected chi connectivity index (χ4v) is 2.78. The van der Waals surface area contributed by atoms with E-state index in [1.807, 2.05) is 30.3 Å². The van der Waals surface area contributed by atoms with Crippen LogP contribution in [0.25, 0.3) is 11.0 Å². The number of para-hydroxylation sites is 2. The van der Waals surface area contributed by atoms with Gasteiger partial charge >= 0.3 is 0 Å². The molecule has 0 atom stereocenters. The third-order valence-electron chi connectivity index (χ3n) is 3.57. The summed E-state index contributed by atoms with van der Waals surface area (Å²) in [5, 5.41) is 0.764. The summed E-state index contributed by atoms with van der Waals surface area (Å²) in [7, 11) is 0. The normalized spacial score (nSPS) is 11.1. The number of aromatic nitrogens is 2. The van der Waals surface area contributed by atoms with Crippen molar-refractivity contribution in [3.8, 4) is 0 Å². The SMILES string of the molecule is NCCCc1nc2ccccc2n1Cc1cccc(Cl)c1. The molecular formula is C17H18ClN3. The number of nitrogens with two attached hydrogens (primary N) is 1. The van der Waals surface area contributed by atoms with Gasteiger partial charge < -0.3 is 10.3 Å². The third kappa shape index (κ3) is 3.09. The molecule has 0 aliphatic heterocycles. The average Bonchev–Trinajstić information content (AvgIpc) is 2.83. The minimum atomic E-state index is 0.681. The zero-order chi connectivity index (χ0) is 14.7. The van der Waals surface area contributed by atoms with Crippen LogP contribution in [0.1, 0.15) is 17.8 Å². The lowest BCUT2D eigenvalue weighted by atomic mass is 10.2. The van der Waals surface area contributed by atoms with Crippen molar-refractivity contribution in [2.45, 2.75) is 19.4 Å². The van der Waals surface area contributed by atoms with Gasteiger partial charge in [-0.3, -0.25) is 0 Å². The number of rotatable bonds is 5. The molecule has 0 saturated carbocycles. The van der Waals surface area contributed by atoms with E-state index in [4.69, 9.17) is 22.3 Å². The molecule has 1 heterocycles. The molecule has 108 valence electrons. The van der Waals surface area contributed by atoms with E-state index in [-0.39, 0.29) is 0 Å². The summed E-state index contributed by atoms with van der Waals surface area (Å²) in [4.78, 5) is 4.74. The Balaban J connectivity index is 2.02.